The molecular formula is C16H13Cl2F2N3O2. The van der Waals surface area contributed by atoms with E-state index in [-0.39, 0.29) is 17.7 Å². The molecule has 0 saturated carbocycles. The molecule has 9 heteroatoms. The molecule has 0 radical (unpaired) electrons. The molecule has 1 aromatic heterocycles. The van der Waals surface area contributed by atoms with Crippen molar-refractivity contribution in [1.29, 1.82) is 0 Å². The second-order valence-electron chi connectivity index (χ2n) is 4.82. The monoisotopic (exact) mass is 387 g/mol. The molecule has 0 fully saturated rings. The van der Waals surface area contributed by atoms with E-state index in [9.17, 15) is 8.78 Å². The molecule has 0 atom stereocenters. The lowest BCUT2D eigenvalue weighted by molar-refractivity contribution is 0.356. The molecule has 0 saturated heterocycles. The Morgan fingerprint density at radius 3 is 2.28 bits per heavy atom. The Morgan fingerprint density at radius 2 is 1.64 bits per heavy atom. The number of nitrogens with zero attached hydrogens (tertiary/aromatic N) is 2. The number of rotatable bonds is 4. The fourth-order valence-electron chi connectivity index (χ4n) is 2.23. The van der Waals surface area contributed by atoms with Gasteiger partial charge in [-0.25, -0.2) is 13.8 Å². The zero-order chi connectivity index (χ0) is 17.3. The first-order chi connectivity index (χ1) is 11.5. The predicted molar refractivity (Wildman–Crippen MR) is 94.5 cm³/mol. The minimum Gasteiger partial charge on any atom is -0.493 e. The molecule has 2 aromatic carbocycles. The smallest absolute Gasteiger partial charge is 0.224 e. The summed E-state index contributed by atoms with van der Waals surface area (Å²) in [5.41, 5.74) is 0.831. The summed E-state index contributed by atoms with van der Waals surface area (Å²) in [6.07, 6.45) is 0. The molecule has 0 unspecified atom stereocenters. The van der Waals surface area contributed by atoms with E-state index in [2.05, 4.69) is 15.3 Å². The molecule has 1 heterocycles. The summed E-state index contributed by atoms with van der Waals surface area (Å²) in [6.45, 7) is 0. The van der Waals surface area contributed by atoms with Gasteiger partial charge in [0.25, 0.3) is 0 Å². The Bertz CT molecular complexity index is 926. The number of fused-ring (bicyclic) bond motifs is 1. The van der Waals surface area contributed by atoms with E-state index < -0.39 is 11.6 Å². The van der Waals surface area contributed by atoms with Crippen LogP contribution in [0.1, 0.15) is 0 Å². The van der Waals surface area contributed by atoms with E-state index in [1.807, 2.05) is 0 Å². The lowest BCUT2D eigenvalue weighted by Crippen LogP contribution is -1.99. The van der Waals surface area contributed by atoms with Crippen molar-refractivity contribution >= 4 is 46.4 Å². The van der Waals surface area contributed by atoms with Crippen molar-refractivity contribution in [3.8, 4) is 11.5 Å². The molecule has 0 aliphatic heterocycles. The van der Waals surface area contributed by atoms with Crippen LogP contribution in [0.4, 0.5) is 20.3 Å². The first-order valence-electron chi connectivity index (χ1n) is 6.83. The summed E-state index contributed by atoms with van der Waals surface area (Å²) < 4.78 is 36.9. The standard InChI is InChI=1S/C16H12ClF2N3O2.ClH/c1-23-13-6-9-12(7-14(13)24-2)21-16(17)22-15(9)20-8-3-4-10(18)11(19)5-8;/h3-7H,1-2H3,(H,20,21,22);1H. The molecular weight excluding hydrogens is 375 g/mol. The zero-order valence-electron chi connectivity index (χ0n) is 13.1. The van der Waals surface area contributed by atoms with Crippen LogP contribution in [0.15, 0.2) is 30.3 Å². The maximum absolute atomic E-state index is 13.4. The molecule has 132 valence electrons. The molecule has 3 aromatic rings. The van der Waals surface area contributed by atoms with Gasteiger partial charge in [0.2, 0.25) is 5.28 Å². The number of anilines is 2. The number of hydrogen-bond acceptors (Lipinski definition) is 5. The number of hydrogen-bond donors (Lipinski definition) is 1. The molecule has 0 aliphatic rings. The summed E-state index contributed by atoms with van der Waals surface area (Å²) in [5, 5.41) is 3.49. The van der Waals surface area contributed by atoms with Crippen molar-refractivity contribution in [1.82, 2.24) is 9.97 Å². The Kier molecular flexibility index (Phi) is 5.81. The van der Waals surface area contributed by atoms with E-state index in [0.29, 0.717) is 33.9 Å². The molecule has 0 aliphatic carbocycles. The number of aromatic nitrogens is 2. The van der Waals surface area contributed by atoms with Crippen molar-refractivity contribution in [2.24, 2.45) is 0 Å². The van der Waals surface area contributed by atoms with Crippen molar-refractivity contribution in [3.63, 3.8) is 0 Å². The Hall–Kier alpha value is -2.38. The van der Waals surface area contributed by atoms with Gasteiger partial charge in [-0.15, -0.1) is 12.4 Å². The number of halogens is 4. The van der Waals surface area contributed by atoms with E-state index >= 15 is 0 Å². The second-order valence-corrected chi connectivity index (χ2v) is 5.16. The Labute approximate surface area is 153 Å². The SMILES string of the molecule is COc1cc2nc(Cl)nc(Nc3ccc(F)c(F)c3)c2cc1OC.Cl. The third-order valence-electron chi connectivity index (χ3n) is 3.36. The highest BCUT2D eigenvalue weighted by Gasteiger charge is 2.13. The number of methoxy groups -OCH3 is 2. The molecule has 5 nitrogen and oxygen atoms in total. The summed E-state index contributed by atoms with van der Waals surface area (Å²) in [4.78, 5) is 8.25. The zero-order valence-corrected chi connectivity index (χ0v) is 14.7. The third-order valence-corrected chi connectivity index (χ3v) is 3.53. The van der Waals surface area contributed by atoms with Crippen LogP contribution in [-0.2, 0) is 0 Å². The first kappa shape index (κ1) is 19.0. The normalized spacial score (nSPS) is 10.3. The summed E-state index contributed by atoms with van der Waals surface area (Å²) in [7, 11) is 3.01. The third kappa shape index (κ3) is 3.83. The lowest BCUT2D eigenvalue weighted by atomic mass is 10.2. The van der Waals surface area contributed by atoms with Crippen molar-refractivity contribution in [2.45, 2.75) is 0 Å². The average molecular weight is 388 g/mol. The van der Waals surface area contributed by atoms with Crippen LogP contribution in [0.5, 0.6) is 11.5 Å². The largest absolute Gasteiger partial charge is 0.493 e. The van der Waals surface area contributed by atoms with Crippen LogP contribution in [0.2, 0.25) is 5.28 Å². The topological polar surface area (TPSA) is 56.3 Å². The molecule has 25 heavy (non-hydrogen) atoms. The van der Waals surface area contributed by atoms with E-state index in [4.69, 9.17) is 21.1 Å². The fourth-order valence-corrected chi connectivity index (χ4v) is 2.41. The maximum Gasteiger partial charge on any atom is 0.224 e. The molecule has 1 N–H and O–H groups in total. The highest BCUT2D eigenvalue weighted by Crippen LogP contribution is 2.35. The Balaban J connectivity index is 0.00000225. The van der Waals surface area contributed by atoms with E-state index in [1.165, 1.54) is 20.3 Å². The molecule has 0 spiro atoms. The quantitative estimate of drug-likeness (QED) is 0.654. The minimum absolute atomic E-state index is 0. The van der Waals surface area contributed by atoms with Crippen LogP contribution < -0.4 is 14.8 Å². The highest BCUT2D eigenvalue weighted by molar-refractivity contribution is 6.28. The summed E-state index contributed by atoms with van der Waals surface area (Å²) in [5.74, 6) is -0.610. The Morgan fingerprint density at radius 1 is 0.960 bits per heavy atom. The van der Waals surface area contributed by atoms with Crippen molar-refractivity contribution in [2.75, 3.05) is 19.5 Å². The van der Waals surface area contributed by atoms with Gasteiger partial charge in [0.05, 0.1) is 19.7 Å². The molecule has 3 rings (SSSR count). The van der Waals surface area contributed by atoms with Gasteiger partial charge in [0.1, 0.15) is 5.82 Å². The maximum atomic E-state index is 13.4. The van der Waals surface area contributed by atoms with Gasteiger partial charge in [0.15, 0.2) is 23.1 Å². The van der Waals surface area contributed by atoms with Gasteiger partial charge >= 0.3 is 0 Å². The van der Waals surface area contributed by atoms with Gasteiger partial charge in [0, 0.05) is 23.2 Å². The first-order valence-corrected chi connectivity index (χ1v) is 7.21. The summed E-state index contributed by atoms with van der Waals surface area (Å²) >= 11 is 5.95. The van der Waals surface area contributed by atoms with Gasteiger partial charge < -0.3 is 14.8 Å². The van der Waals surface area contributed by atoms with E-state index in [0.717, 1.165) is 12.1 Å². The second kappa shape index (κ2) is 7.67. The average Bonchev–Trinajstić information content (AvgIpc) is 2.57. The highest BCUT2D eigenvalue weighted by atomic mass is 35.5. The number of ether oxygens (including phenoxy) is 2. The molecule has 0 amide bonds. The van der Waals surface area contributed by atoms with Crippen LogP contribution in [0.3, 0.4) is 0 Å². The minimum atomic E-state index is -0.969. The van der Waals surface area contributed by atoms with Gasteiger partial charge in [-0.1, -0.05) is 0 Å². The molecule has 0 bridgehead atoms. The number of benzene rings is 2. The lowest BCUT2D eigenvalue weighted by Gasteiger charge is -2.12. The van der Waals surface area contributed by atoms with Crippen LogP contribution in [0, 0.1) is 11.6 Å². The van der Waals surface area contributed by atoms with Gasteiger partial charge in [-0.3, -0.25) is 0 Å². The van der Waals surface area contributed by atoms with E-state index in [1.54, 1.807) is 12.1 Å². The van der Waals surface area contributed by atoms with Crippen LogP contribution >= 0.6 is 24.0 Å². The fraction of sp³-hybridized carbons (Fsp3) is 0.125. The van der Waals surface area contributed by atoms with Crippen molar-refractivity contribution < 1.29 is 18.3 Å². The van der Waals surface area contributed by atoms with Crippen molar-refractivity contribution in [3.05, 3.63) is 47.2 Å². The summed E-state index contributed by atoms with van der Waals surface area (Å²) in [6, 6.07) is 6.76. The van der Waals surface area contributed by atoms with Crippen LogP contribution in [-0.4, -0.2) is 24.2 Å². The van der Waals surface area contributed by atoms with Gasteiger partial charge in [-0.2, -0.15) is 4.98 Å². The predicted octanol–water partition coefficient (Wildman–Crippen LogP) is 4.74. The van der Waals surface area contributed by atoms with Crippen LogP contribution in [0.25, 0.3) is 10.9 Å². The van der Waals surface area contributed by atoms with Gasteiger partial charge in [-0.05, 0) is 29.8 Å². The number of nitrogens with one attached hydrogen (secondary N) is 1.